The maximum absolute atomic E-state index is 12.4. The number of thiophene rings is 1. The molecule has 1 atom stereocenters. The molecule has 1 aliphatic rings. The third-order valence-corrected chi connectivity index (χ3v) is 4.70. The van der Waals surface area contributed by atoms with E-state index < -0.39 is 0 Å². The zero-order chi connectivity index (χ0) is 14.7. The summed E-state index contributed by atoms with van der Waals surface area (Å²) in [4.78, 5) is 22.0. The summed E-state index contributed by atoms with van der Waals surface area (Å²) in [5.41, 5.74) is 0. The maximum atomic E-state index is 12.4. The smallest absolute Gasteiger partial charge is 0.247 e. The summed E-state index contributed by atoms with van der Waals surface area (Å²) in [6, 6.07) is 3.96. The minimum absolute atomic E-state index is 0.122. The molecule has 1 aliphatic heterocycles. The fourth-order valence-electron chi connectivity index (χ4n) is 2.54. The number of amides is 1. The van der Waals surface area contributed by atoms with Gasteiger partial charge in [-0.15, -0.1) is 11.3 Å². The van der Waals surface area contributed by atoms with Gasteiger partial charge in [0, 0.05) is 37.6 Å². The molecule has 0 bridgehead atoms. The molecule has 1 fully saturated rings. The van der Waals surface area contributed by atoms with Gasteiger partial charge >= 0.3 is 0 Å². The van der Waals surface area contributed by atoms with Crippen LogP contribution in [0, 0.1) is 0 Å². The highest BCUT2D eigenvalue weighted by molar-refractivity contribution is 7.09. The van der Waals surface area contributed by atoms with Crippen molar-refractivity contribution >= 4 is 17.2 Å². The number of hydrogen-bond acceptors (Lipinski definition) is 5. The fourth-order valence-corrected chi connectivity index (χ4v) is 3.29. The fraction of sp³-hybridized carbons (Fsp3) is 0.500. The molecular formula is C14H19N5OS. The highest BCUT2D eigenvalue weighted by atomic mass is 32.1. The predicted molar refractivity (Wildman–Crippen MR) is 80.9 cm³/mol. The molecule has 7 heteroatoms. The molecule has 3 rings (SSSR count). The van der Waals surface area contributed by atoms with Crippen LogP contribution in [0.2, 0.25) is 0 Å². The van der Waals surface area contributed by atoms with Crippen molar-refractivity contribution in [1.82, 2.24) is 24.6 Å². The van der Waals surface area contributed by atoms with Crippen molar-refractivity contribution in [2.75, 3.05) is 26.2 Å². The second-order valence-electron chi connectivity index (χ2n) is 5.23. The van der Waals surface area contributed by atoms with Crippen LogP contribution in [0.3, 0.4) is 0 Å². The van der Waals surface area contributed by atoms with Gasteiger partial charge in [0.25, 0.3) is 0 Å². The summed E-state index contributed by atoms with van der Waals surface area (Å²) in [6.45, 7) is 6.27. The molecule has 3 heterocycles. The van der Waals surface area contributed by atoms with E-state index in [0.717, 1.165) is 32.7 Å². The Kier molecular flexibility index (Phi) is 4.31. The van der Waals surface area contributed by atoms with Crippen molar-refractivity contribution < 1.29 is 4.79 Å². The van der Waals surface area contributed by atoms with Gasteiger partial charge in [0.2, 0.25) is 5.91 Å². The molecule has 21 heavy (non-hydrogen) atoms. The molecule has 1 saturated heterocycles. The quantitative estimate of drug-likeness (QED) is 0.853. The lowest BCUT2D eigenvalue weighted by atomic mass is 10.2. The van der Waals surface area contributed by atoms with E-state index in [1.54, 1.807) is 22.3 Å². The molecule has 0 N–H and O–H groups in total. The van der Waals surface area contributed by atoms with Crippen LogP contribution < -0.4 is 0 Å². The van der Waals surface area contributed by atoms with E-state index in [1.165, 1.54) is 11.2 Å². The Morgan fingerprint density at radius 3 is 2.81 bits per heavy atom. The van der Waals surface area contributed by atoms with Crippen LogP contribution in [0.15, 0.2) is 30.2 Å². The predicted octanol–water partition coefficient (Wildman–Crippen LogP) is 1.25. The van der Waals surface area contributed by atoms with Crippen molar-refractivity contribution in [1.29, 1.82) is 0 Å². The van der Waals surface area contributed by atoms with E-state index in [4.69, 9.17) is 0 Å². The molecule has 0 aromatic carbocycles. The number of aromatic nitrogens is 3. The molecular weight excluding hydrogens is 286 g/mol. The average Bonchev–Trinajstić information content (AvgIpc) is 3.20. The van der Waals surface area contributed by atoms with E-state index >= 15 is 0 Å². The van der Waals surface area contributed by atoms with E-state index in [2.05, 4.69) is 32.5 Å². The van der Waals surface area contributed by atoms with Crippen LogP contribution in [-0.2, 0) is 11.3 Å². The van der Waals surface area contributed by atoms with Gasteiger partial charge < -0.3 is 4.90 Å². The van der Waals surface area contributed by atoms with Crippen molar-refractivity contribution in [3.63, 3.8) is 0 Å². The lowest BCUT2D eigenvalue weighted by Crippen LogP contribution is -2.49. The van der Waals surface area contributed by atoms with E-state index in [-0.39, 0.29) is 11.9 Å². The van der Waals surface area contributed by atoms with E-state index in [9.17, 15) is 4.79 Å². The van der Waals surface area contributed by atoms with Crippen molar-refractivity contribution in [2.24, 2.45) is 0 Å². The van der Waals surface area contributed by atoms with Gasteiger partial charge in [0.1, 0.15) is 18.7 Å². The topological polar surface area (TPSA) is 54.3 Å². The molecule has 2 aromatic rings. The number of carbonyl (C=O) groups is 1. The van der Waals surface area contributed by atoms with Crippen LogP contribution >= 0.6 is 11.3 Å². The molecule has 0 spiro atoms. The average molecular weight is 305 g/mol. The lowest BCUT2D eigenvalue weighted by Gasteiger charge is -2.35. The standard InChI is InChI=1S/C14H19N5OS/c1-12(19-11-15-10-16-19)14(20)18-6-4-17(5-7-18)9-13-3-2-8-21-13/h2-3,8,10-12H,4-7,9H2,1H3/t12-/m0/s1. The highest BCUT2D eigenvalue weighted by Gasteiger charge is 2.26. The molecule has 0 radical (unpaired) electrons. The maximum Gasteiger partial charge on any atom is 0.247 e. The number of carbonyl (C=O) groups excluding carboxylic acids is 1. The van der Waals surface area contributed by atoms with Gasteiger partial charge in [-0.2, -0.15) is 5.10 Å². The Labute approximate surface area is 128 Å². The Morgan fingerprint density at radius 2 is 2.19 bits per heavy atom. The first kappa shape index (κ1) is 14.2. The first-order chi connectivity index (χ1) is 10.2. The normalized spacial score (nSPS) is 17.9. The van der Waals surface area contributed by atoms with Crippen molar-refractivity contribution in [2.45, 2.75) is 19.5 Å². The first-order valence-corrected chi connectivity index (χ1v) is 7.99. The molecule has 6 nitrogen and oxygen atoms in total. The monoisotopic (exact) mass is 305 g/mol. The van der Waals surface area contributed by atoms with Gasteiger partial charge in [-0.3, -0.25) is 9.69 Å². The summed E-state index contributed by atoms with van der Waals surface area (Å²) in [5, 5.41) is 6.15. The van der Waals surface area contributed by atoms with Crippen LogP contribution in [0.5, 0.6) is 0 Å². The minimum Gasteiger partial charge on any atom is -0.338 e. The van der Waals surface area contributed by atoms with Gasteiger partial charge in [-0.25, -0.2) is 9.67 Å². The zero-order valence-corrected chi connectivity index (χ0v) is 12.9. The third-order valence-electron chi connectivity index (χ3n) is 3.83. The van der Waals surface area contributed by atoms with Crippen LogP contribution in [0.4, 0.5) is 0 Å². The van der Waals surface area contributed by atoms with Crippen LogP contribution in [-0.4, -0.2) is 56.7 Å². The van der Waals surface area contributed by atoms with Gasteiger partial charge in [0.15, 0.2) is 0 Å². The lowest BCUT2D eigenvalue weighted by molar-refractivity contribution is -0.136. The summed E-state index contributed by atoms with van der Waals surface area (Å²) < 4.78 is 1.61. The van der Waals surface area contributed by atoms with Crippen molar-refractivity contribution in [3.05, 3.63) is 35.0 Å². The summed E-state index contributed by atoms with van der Waals surface area (Å²) in [7, 11) is 0. The molecule has 0 saturated carbocycles. The zero-order valence-electron chi connectivity index (χ0n) is 12.1. The first-order valence-electron chi connectivity index (χ1n) is 7.11. The summed E-state index contributed by atoms with van der Waals surface area (Å²) >= 11 is 1.79. The number of piperazine rings is 1. The molecule has 112 valence electrons. The second-order valence-corrected chi connectivity index (χ2v) is 6.26. The van der Waals surface area contributed by atoms with Gasteiger partial charge in [-0.1, -0.05) is 6.07 Å². The minimum atomic E-state index is -0.281. The molecule has 0 aliphatic carbocycles. The Balaban J connectivity index is 1.52. The van der Waals surface area contributed by atoms with Crippen LogP contribution in [0.1, 0.15) is 17.8 Å². The number of rotatable bonds is 4. The Bertz CT molecular complexity index is 560. The Morgan fingerprint density at radius 1 is 1.38 bits per heavy atom. The molecule has 2 aromatic heterocycles. The molecule has 0 unspecified atom stereocenters. The third kappa shape index (κ3) is 3.30. The molecule has 1 amide bonds. The summed E-state index contributed by atoms with van der Waals surface area (Å²) in [6.07, 6.45) is 3.05. The van der Waals surface area contributed by atoms with E-state index in [0.29, 0.717) is 0 Å². The van der Waals surface area contributed by atoms with Crippen LogP contribution in [0.25, 0.3) is 0 Å². The Hall–Kier alpha value is -1.73. The number of nitrogens with zero attached hydrogens (tertiary/aromatic N) is 5. The summed E-state index contributed by atoms with van der Waals surface area (Å²) in [5.74, 6) is 0.122. The largest absolute Gasteiger partial charge is 0.338 e. The van der Waals surface area contributed by atoms with E-state index in [1.807, 2.05) is 11.8 Å². The SMILES string of the molecule is C[C@@H](C(=O)N1CCN(Cc2cccs2)CC1)n1cncn1. The van der Waals surface area contributed by atoms with Gasteiger partial charge in [-0.05, 0) is 18.4 Å². The van der Waals surface area contributed by atoms with Crippen molar-refractivity contribution in [3.8, 4) is 0 Å². The second kappa shape index (κ2) is 6.36. The van der Waals surface area contributed by atoms with Gasteiger partial charge in [0.05, 0.1) is 0 Å². The highest BCUT2D eigenvalue weighted by Crippen LogP contribution is 2.15. The number of hydrogen-bond donors (Lipinski definition) is 0.